The molecule has 4 heteroatoms. The first-order valence-electron chi connectivity index (χ1n) is 5.57. The summed E-state index contributed by atoms with van der Waals surface area (Å²) in [6.45, 7) is 0. The van der Waals surface area contributed by atoms with E-state index in [1.807, 2.05) is 48.5 Å². The second kappa shape index (κ2) is 4.66. The molecule has 0 aliphatic heterocycles. The van der Waals surface area contributed by atoms with Crippen LogP contribution in [0.3, 0.4) is 0 Å². The summed E-state index contributed by atoms with van der Waals surface area (Å²) in [5.41, 5.74) is 7.67. The third-order valence-electron chi connectivity index (χ3n) is 2.63. The molecular formula is C14H11N3S. The fourth-order valence-corrected chi connectivity index (χ4v) is 2.66. The highest BCUT2D eigenvalue weighted by atomic mass is 32.2. The molecule has 0 spiro atoms. The highest BCUT2D eigenvalue weighted by Crippen LogP contribution is 2.33. The van der Waals surface area contributed by atoms with Crippen LogP contribution in [0.2, 0.25) is 0 Å². The first-order valence-corrected chi connectivity index (χ1v) is 6.38. The molecule has 1 aromatic heterocycles. The number of nitrogens with two attached hydrogens (primary N) is 1. The van der Waals surface area contributed by atoms with E-state index in [0.29, 0.717) is 0 Å². The molecule has 0 saturated carbocycles. The van der Waals surface area contributed by atoms with E-state index >= 15 is 0 Å². The fourth-order valence-electron chi connectivity index (χ4n) is 1.74. The van der Waals surface area contributed by atoms with Gasteiger partial charge in [0.05, 0.1) is 5.52 Å². The van der Waals surface area contributed by atoms with E-state index in [0.717, 1.165) is 26.5 Å². The number of nitrogen functional groups attached to an aromatic ring is 1. The average molecular weight is 253 g/mol. The van der Waals surface area contributed by atoms with Crippen LogP contribution in [0.1, 0.15) is 0 Å². The number of aromatic nitrogens is 2. The lowest BCUT2D eigenvalue weighted by molar-refractivity contribution is 1.10. The standard InChI is InChI=1S/C14H11N3S/c15-11-6-2-4-8-13(11)18-14-10-5-1-3-7-12(10)16-9-17-14/h1-9H,15H2. The normalized spacial score (nSPS) is 10.7. The van der Waals surface area contributed by atoms with Crippen LogP contribution in [0, 0.1) is 0 Å². The molecular weight excluding hydrogens is 242 g/mol. The van der Waals surface area contributed by atoms with Crippen LogP contribution in [0.25, 0.3) is 10.9 Å². The molecule has 3 rings (SSSR count). The van der Waals surface area contributed by atoms with Crippen molar-refractivity contribution >= 4 is 28.4 Å². The van der Waals surface area contributed by atoms with Crippen LogP contribution in [-0.2, 0) is 0 Å². The van der Waals surface area contributed by atoms with E-state index in [1.54, 1.807) is 18.1 Å². The van der Waals surface area contributed by atoms with Gasteiger partial charge in [-0.1, -0.05) is 42.1 Å². The number of hydrogen-bond acceptors (Lipinski definition) is 4. The second-order valence-electron chi connectivity index (χ2n) is 3.84. The van der Waals surface area contributed by atoms with Crippen LogP contribution in [0.5, 0.6) is 0 Å². The van der Waals surface area contributed by atoms with Gasteiger partial charge in [0.15, 0.2) is 0 Å². The zero-order valence-electron chi connectivity index (χ0n) is 9.58. The van der Waals surface area contributed by atoms with Gasteiger partial charge in [-0.05, 0) is 18.2 Å². The summed E-state index contributed by atoms with van der Waals surface area (Å²) in [5, 5.41) is 1.98. The summed E-state index contributed by atoms with van der Waals surface area (Å²) in [6.07, 6.45) is 1.59. The first-order chi connectivity index (χ1) is 8.84. The topological polar surface area (TPSA) is 51.8 Å². The number of rotatable bonds is 2. The molecule has 88 valence electrons. The van der Waals surface area contributed by atoms with Crippen molar-refractivity contribution in [1.29, 1.82) is 0 Å². The van der Waals surface area contributed by atoms with Crippen LogP contribution < -0.4 is 5.73 Å². The monoisotopic (exact) mass is 253 g/mol. The average Bonchev–Trinajstić information content (AvgIpc) is 2.42. The third kappa shape index (κ3) is 2.02. The van der Waals surface area contributed by atoms with Gasteiger partial charge in [-0.2, -0.15) is 0 Å². The van der Waals surface area contributed by atoms with E-state index in [2.05, 4.69) is 9.97 Å². The minimum Gasteiger partial charge on any atom is -0.398 e. The number of nitrogens with zero attached hydrogens (tertiary/aromatic N) is 2. The number of benzene rings is 2. The lowest BCUT2D eigenvalue weighted by Crippen LogP contribution is -1.90. The molecule has 2 N–H and O–H groups in total. The molecule has 0 aliphatic rings. The van der Waals surface area contributed by atoms with Gasteiger partial charge < -0.3 is 5.73 Å². The minimum atomic E-state index is 0.769. The molecule has 0 unspecified atom stereocenters. The molecule has 3 nitrogen and oxygen atoms in total. The lowest BCUT2D eigenvalue weighted by atomic mass is 10.2. The van der Waals surface area contributed by atoms with Crippen molar-refractivity contribution in [3.63, 3.8) is 0 Å². The Kier molecular flexibility index (Phi) is 2.86. The van der Waals surface area contributed by atoms with Gasteiger partial charge in [-0.15, -0.1) is 0 Å². The summed E-state index contributed by atoms with van der Waals surface area (Å²) in [5.74, 6) is 0. The van der Waals surface area contributed by atoms with E-state index < -0.39 is 0 Å². The quantitative estimate of drug-likeness (QED) is 0.562. The second-order valence-corrected chi connectivity index (χ2v) is 4.87. The van der Waals surface area contributed by atoms with E-state index in [-0.39, 0.29) is 0 Å². The molecule has 3 aromatic rings. The smallest absolute Gasteiger partial charge is 0.117 e. The molecule has 0 bridgehead atoms. The fraction of sp³-hybridized carbons (Fsp3) is 0. The predicted octanol–water partition coefficient (Wildman–Crippen LogP) is 3.36. The summed E-state index contributed by atoms with van der Waals surface area (Å²) >= 11 is 1.57. The molecule has 2 aromatic carbocycles. The van der Waals surface area contributed by atoms with Gasteiger partial charge in [0.2, 0.25) is 0 Å². The Balaban J connectivity index is 2.08. The molecule has 0 aliphatic carbocycles. The van der Waals surface area contributed by atoms with Gasteiger partial charge in [0.1, 0.15) is 11.4 Å². The van der Waals surface area contributed by atoms with Gasteiger partial charge in [0.25, 0.3) is 0 Å². The van der Waals surface area contributed by atoms with Crippen LogP contribution >= 0.6 is 11.8 Å². The van der Waals surface area contributed by atoms with Gasteiger partial charge in [-0.3, -0.25) is 0 Å². The van der Waals surface area contributed by atoms with Crippen LogP contribution in [-0.4, -0.2) is 9.97 Å². The maximum Gasteiger partial charge on any atom is 0.117 e. The Bertz CT molecular complexity index is 692. The maximum absolute atomic E-state index is 5.95. The largest absolute Gasteiger partial charge is 0.398 e. The summed E-state index contributed by atoms with van der Waals surface area (Å²) < 4.78 is 0. The summed E-state index contributed by atoms with van der Waals surface area (Å²) in [4.78, 5) is 9.60. The Hall–Kier alpha value is -2.07. The van der Waals surface area contributed by atoms with Crippen LogP contribution in [0.4, 0.5) is 5.69 Å². The van der Waals surface area contributed by atoms with Crippen molar-refractivity contribution < 1.29 is 0 Å². The molecule has 1 heterocycles. The highest BCUT2D eigenvalue weighted by molar-refractivity contribution is 7.99. The van der Waals surface area contributed by atoms with Crippen molar-refractivity contribution in [2.45, 2.75) is 9.92 Å². The van der Waals surface area contributed by atoms with Crippen molar-refractivity contribution in [1.82, 2.24) is 9.97 Å². The van der Waals surface area contributed by atoms with Crippen molar-refractivity contribution in [2.24, 2.45) is 0 Å². The zero-order chi connectivity index (χ0) is 12.4. The Labute approximate surface area is 109 Å². The van der Waals surface area contributed by atoms with E-state index in [4.69, 9.17) is 5.73 Å². The molecule has 18 heavy (non-hydrogen) atoms. The molecule has 0 amide bonds. The Morgan fingerprint density at radius 2 is 1.67 bits per heavy atom. The Morgan fingerprint density at radius 1 is 0.889 bits per heavy atom. The number of para-hydroxylation sites is 2. The van der Waals surface area contributed by atoms with Crippen molar-refractivity contribution in [3.8, 4) is 0 Å². The molecule has 0 atom stereocenters. The Morgan fingerprint density at radius 3 is 2.56 bits per heavy atom. The van der Waals surface area contributed by atoms with Gasteiger partial charge >= 0.3 is 0 Å². The predicted molar refractivity (Wildman–Crippen MR) is 74.5 cm³/mol. The van der Waals surface area contributed by atoms with Crippen molar-refractivity contribution in [3.05, 3.63) is 54.9 Å². The third-order valence-corrected chi connectivity index (χ3v) is 3.74. The maximum atomic E-state index is 5.95. The molecule has 0 fully saturated rings. The summed E-state index contributed by atoms with van der Waals surface area (Å²) in [7, 11) is 0. The van der Waals surface area contributed by atoms with Gasteiger partial charge in [0, 0.05) is 16.0 Å². The minimum absolute atomic E-state index is 0.769. The first kappa shape index (κ1) is 11.0. The number of fused-ring (bicyclic) bond motifs is 1. The van der Waals surface area contributed by atoms with Crippen molar-refractivity contribution in [2.75, 3.05) is 5.73 Å². The lowest BCUT2D eigenvalue weighted by Gasteiger charge is -2.06. The zero-order valence-corrected chi connectivity index (χ0v) is 10.4. The van der Waals surface area contributed by atoms with Crippen LogP contribution in [0.15, 0.2) is 64.8 Å². The molecule has 0 saturated heterocycles. The summed E-state index contributed by atoms with van der Waals surface area (Å²) in [6, 6.07) is 15.8. The van der Waals surface area contributed by atoms with Gasteiger partial charge in [-0.25, -0.2) is 9.97 Å². The molecule has 0 radical (unpaired) electrons. The highest BCUT2D eigenvalue weighted by Gasteiger charge is 2.06. The SMILES string of the molecule is Nc1ccccc1Sc1ncnc2ccccc12. The number of anilines is 1. The number of hydrogen-bond donors (Lipinski definition) is 1. The van der Waals surface area contributed by atoms with E-state index in [9.17, 15) is 0 Å². The van der Waals surface area contributed by atoms with E-state index in [1.165, 1.54) is 0 Å².